The lowest BCUT2D eigenvalue weighted by atomic mass is 10.0. The minimum atomic E-state index is 0. The molecule has 112 valence electrons. The van der Waals surface area contributed by atoms with E-state index < -0.39 is 0 Å². The lowest BCUT2D eigenvalue weighted by Gasteiger charge is -2.35. The predicted octanol–water partition coefficient (Wildman–Crippen LogP) is 2.93. The molecule has 1 aromatic carbocycles. The second-order valence-electron chi connectivity index (χ2n) is 6.02. The standard InChI is InChI=1S/C16H24N2O.ClH/c1-12(2)15-11-18(8-9-19-15)10-14-5-3-4-13-6-7-17-16(13)14;/h3-5,12,15,17H,6-11H2,1-2H3;1H. The molecule has 1 saturated heterocycles. The Morgan fingerprint density at radius 2 is 2.25 bits per heavy atom. The van der Waals surface area contributed by atoms with Crippen molar-refractivity contribution in [2.24, 2.45) is 5.92 Å². The largest absolute Gasteiger partial charge is 0.384 e. The van der Waals surface area contributed by atoms with Crippen LogP contribution in [0.5, 0.6) is 0 Å². The highest BCUT2D eigenvalue weighted by atomic mass is 35.5. The number of nitrogens with zero attached hydrogens (tertiary/aromatic N) is 1. The summed E-state index contributed by atoms with van der Waals surface area (Å²) in [6, 6.07) is 6.70. The number of nitrogens with one attached hydrogen (secondary N) is 1. The number of hydrogen-bond donors (Lipinski definition) is 1. The molecule has 0 amide bonds. The van der Waals surface area contributed by atoms with E-state index in [0.717, 1.165) is 32.8 Å². The molecule has 0 saturated carbocycles. The highest BCUT2D eigenvalue weighted by Crippen LogP contribution is 2.28. The van der Waals surface area contributed by atoms with E-state index in [1.165, 1.54) is 23.2 Å². The van der Waals surface area contributed by atoms with E-state index in [-0.39, 0.29) is 12.4 Å². The van der Waals surface area contributed by atoms with Gasteiger partial charge in [0.1, 0.15) is 0 Å². The number of morpholine rings is 1. The molecule has 1 aromatic rings. The van der Waals surface area contributed by atoms with Gasteiger partial charge in [0.25, 0.3) is 0 Å². The van der Waals surface area contributed by atoms with Crippen LogP contribution in [-0.4, -0.2) is 37.2 Å². The van der Waals surface area contributed by atoms with Crippen molar-refractivity contribution in [2.45, 2.75) is 32.9 Å². The van der Waals surface area contributed by atoms with Crippen molar-refractivity contribution in [3.05, 3.63) is 29.3 Å². The maximum absolute atomic E-state index is 5.84. The molecule has 1 atom stereocenters. The fourth-order valence-corrected chi connectivity index (χ4v) is 3.06. The Balaban J connectivity index is 0.00000147. The van der Waals surface area contributed by atoms with Crippen LogP contribution in [0.15, 0.2) is 18.2 Å². The first kappa shape index (κ1) is 15.6. The van der Waals surface area contributed by atoms with E-state index in [1.54, 1.807) is 0 Å². The highest BCUT2D eigenvalue weighted by Gasteiger charge is 2.24. The molecule has 0 bridgehead atoms. The molecule has 0 radical (unpaired) electrons. The van der Waals surface area contributed by atoms with Gasteiger partial charge in [-0.2, -0.15) is 0 Å². The van der Waals surface area contributed by atoms with E-state index >= 15 is 0 Å². The second-order valence-corrected chi connectivity index (χ2v) is 6.02. The molecule has 20 heavy (non-hydrogen) atoms. The van der Waals surface area contributed by atoms with Gasteiger partial charge < -0.3 is 10.1 Å². The number of hydrogen-bond acceptors (Lipinski definition) is 3. The molecular weight excluding hydrogens is 272 g/mol. The zero-order valence-electron chi connectivity index (χ0n) is 12.4. The fraction of sp³-hybridized carbons (Fsp3) is 0.625. The summed E-state index contributed by atoms with van der Waals surface area (Å²) in [5.41, 5.74) is 4.31. The maximum Gasteiger partial charge on any atom is 0.0725 e. The van der Waals surface area contributed by atoms with E-state index in [1.807, 2.05) is 0 Å². The summed E-state index contributed by atoms with van der Waals surface area (Å²) < 4.78 is 5.84. The lowest BCUT2D eigenvalue weighted by Crippen LogP contribution is -2.44. The molecule has 1 unspecified atom stereocenters. The summed E-state index contributed by atoms with van der Waals surface area (Å²) in [7, 11) is 0. The van der Waals surface area contributed by atoms with Gasteiger partial charge >= 0.3 is 0 Å². The van der Waals surface area contributed by atoms with Crippen molar-refractivity contribution in [3.63, 3.8) is 0 Å². The SMILES string of the molecule is CC(C)C1CN(Cc2cccc3c2NCC3)CCO1.Cl. The van der Waals surface area contributed by atoms with Crippen LogP contribution in [0.4, 0.5) is 5.69 Å². The van der Waals surface area contributed by atoms with Crippen molar-refractivity contribution in [2.75, 3.05) is 31.6 Å². The van der Waals surface area contributed by atoms with Gasteiger partial charge in [-0.25, -0.2) is 0 Å². The van der Waals surface area contributed by atoms with Crippen LogP contribution in [0.3, 0.4) is 0 Å². The number of halogens is 1. The quantitative estimate of drug-likeness (QED) is 0.928. The zero-order chi connectivity index (χ0) is 13.2. The third kappa shape index (κ3) is 3.27. The van der Waals surface area contributed by atoms with Crippen molar-refractivity contribution < 1.29 is 4.74 Å². The molecule has 2 aliphatic rings. The summed E-state index contributed by atoms with van der Waals surface area (Å²) in [6.07, 6.45) is 1.56. The van der Waals surface area contributed by atoms with E-state index in [0.29, 0.717) is 12.0 Å². The van der Waals surface area contributed by atoms with Crippen LogP contribution in [0.2, 0.25) is 0 Å². The van der Waals surface area contributed by atoms with Gasteiger partial charge in [-0.15, -0.1) is 12.4 Å². The minimum absolute atomic E-state index is 0. The monoisotopic (exact) mass is 296 g/mol. The molecule has 2 aliphatic heterocycles. The van der Waals surface area contributed by atoms with Gasteiger partial charge in [0, 0.05) is 31.9 Å². The zero-order valence-corrected chi connectivity index (χ0v) is 13.2. The van der Waals surface area contributed by atoms with Crippen LogP contribution < -0.4 is 5.32 Å². The van der Waals surface area contributed by atoms with Crippen LogP contribution in [0.1, 0.15) is 25.0 Å². The van der Waals surface area contributed by atoms with Gasteiger partial charge in [0.2, 0.25) is 0 Å². The smallest absolute Gasteiger partial charge is 0.0725 e. The van der Waals surface area contributed by atoms with Crippen LogP contribution in [0.25, 0.3) is 0 Å². The Kier molecular flexibility index (Phi) is 5.30. The number of anilines is 1. The number of ether oxygens (including phenoxy) is 1. The summed E-state index contributed by atoms with van der Waals surface area (Å²) in [5.74, 6) is 0.599. The third-order valence-corrected chi connectivity index (χ3v) is 4.25. The van der Waals surface area contributed by atoms with Gasteiger partial charge in [-0.1, -0.05) is 32.0 Å². The summed E-state index contributed by atoms with van der Waals surface area (Å²) in [4.78, 5) is 2.53. The first-order valence-corrected chi connectivity index (χ1v) is 7.42. The maximum atomic E-state index is 5.84. The van der Waals surface area contributed by atoms with Gasteiger partial charge in [0.15, 0.2) is 0 Å². The van der Waals surface area contributed by atoms with Crippen LogP contribution in [0, 0.1) is 5.92 Å². The number of rotatable bonds is 3. The molecule has 0 spiro atoms. The predicted molar refractivity (Wildman–Crippen MR) is 85.7 cm³/mol. The molecule has 4 heteroatoms. The second kappa shape index (κ2) is 6.79. The normalized spacial score (nSPS) is 22.2. The number of para-hydroxylation sites is 1. The van der Waals surface area contributed by atoms with Gasteiger partial charge in [-0.05, 0) is 23.5 Å². The number of benzene rings is 1. The lowest BCUT2D eigenvalue weighted by molar-refractivity contribution is -0.0529. The minimum Gasteiger partial charge on any atom is -0.384 e. The first-order chi connectivity index (χ1) is 9.24. The highest BCUT2D eigenvalue weighted by molar-refractivity contribution is 5.85. The molecule has 3 nitrogen and oxygen atoms in total. The number of fused-ring (bicyclic) bond motifs is 1. The van der Waals surface area contributed by atoms with Crippen molar-refractivity contribution in [1.29, 1.82) is 0 Å². The van der Waals surface area contributed by atoms with Gasteiger partial charge in [-0.3, -0.25) is 4.90 Å². The average Bonchev–Trinajstić information content (AvgIpc) is 2.88. The average molecular weight is 297 g/mol. The summed E-state index contributed by atoms with van der Waals surface area (Å²) in [6.45, 7) is 9.60. The van der Waals surface area contributed by atoms with Crippen molar-refractivity contribution in [1.82, 2.24) is 4.90 Å². The van der Waals surface area contributed by atoms with Gasteiger partial charge in [0.05, 0.1) is 12.7 Å². The summed E-state index contributed by atoms with van der Waals surface area (Å²) in [5, 5.41) is 3.53. The third-order valence-electron chi connectivity index (χ3n) is 4.25. The molecular formula is C16H25ClN2O. The van der Waals surface area contributed by atoms with Crippen LogP contribution >= 0.6 is 12.4 Å². The van der Waals surface area contributed by atoms with E-state index in [9.17, 15) is 0 Å². The Labute approximate surface area is 128 Å². The van der Waals surface area contributed by atoms with Crippen LogP contribution in [-0.2, 0) is 17.7 Å². The van der Waals surface area contributed by atoms with E-state index in [2.05, 4.69) is 42.3 Å². The Morgan fingerprint density at radius 3 is 3.05 bits per heavy atom. The molecule has 0 aromatic heterocycles. The Morgan fingerprint density at radius 1 is 1.40 bits per heavy atom. The first-order valence-electron chi connectivity index (χ1n) is 7.42. The molecule has 1 N–H and O–H groups in total. The Hall–Kier alpha value is -0.770. The van der Waals surface area contributed by atoms with E-state index in [4.69, 9.17) is 4.74 Å². The molecule has 3 rings (SSSR count). The van der Waals surface area contributed by atoms with Crippen molar-refractivity contribution in [3.8, 4) is 0 Å². The molecule has 1 fully saturated rings. The molecule has 0 aliphatic carbocycles. The Bertz CT molecular complexity index is 450. The van der Waals surface area contributed by atoms with Crippen molar-refractivity contribution >= 4 is 18.1 Å². The summed E-state index contributed by atoms with van der Waals surface area (Å²) >= 11 is 0. The fourth-order valence-electron chi connectivity index (χ4n) is 3.06. The topological polar surface area (TPSA) is 24.5 Å². The molecule has 2 heterocycles.